The predicted octanol–water partition coefficient (Wildman–Crippen LogP) is 2.01. The van der Waals surface area contributed by atoms with E-state index in [-0.39, 0.29) is 69.5 Å². The summed E-state index contributed by atoms with van der Waals surface area (Å²) in [5.41, 5.74) is 17.4. The second-order valence-electron chi connectivity index (χ2n) is 20.4. The Morgan fingerprint density at radius 2 is 1.18 bits per heavy atom. The van der Waals surface area contributed by atoms with Crippen molar-refractivity contribution in [2.75, 3.05) is 26.2 Å². The maximum absolute atomic E-state index is 14.5. The average molecular weight is 1060 g/mol. The summed E-state index contributed by atoms with van der Waals surface area (Å²) in [5.74, 6) is -4.48. The molecule has 4 aromatic rings. The van der Waals surface area contributed by atoms with Gasteiger partial charge in [0.2, 0.25) is 35.4 Å². The van der Waals surface area contributed by atoms with E-state index in [4.69, 9.17) is 16.2 Å². The number of phenols is 1. The van der Waals surface area contributed by atoms with Gasteiger partial charge in [-0.3, -0.25) is 33.6 Å². The maximum atomic E-state index is 14.5. The van der Waals surface area contributed by atoms with Crippen LogP contribution >= 0.6 is 0 Å². The third kappa shape index (κ3) is 15.0. The Labute approximate surface area is 448 Å². The van der Waals surface area contributed by atoms with Crippen molar-refractivity contribution in [3.63, 3.8) is 0 Å². The standard InChI is InChI=1S/C57H73N9O11/c1-4-5-6-28-77-44-24-20-39(21-25-44)37-14-12-36(13-15-37)38-16-18-40(19-17-38)51(70)61-45-8-7-27-60-54(73)47-29-41(58)31-65(47)56(75)49(33(2)67)64-53(72)46(26-11-35-9-22-43(69)23-10-35)62-55(74)48-30-42(59)32-66(48)57(76)50(34(3)68)63-52(45)71/h9-10,12-25,33-34,41-42,45-50,67-69H,4-8,11,26-32,58-59H2,1-3H3,(H,60,73)(H,61,70)(H,62,74)(H,63,71)(H,64,72)/t33?,34?,41?,42?,45-,46-,47-,48-,49-,50-/m0/s1. The first kappa shape index (κ1) is 57.3. The van der Waals surface area contributed by atoms with Crippen molar-refractivity contribution in [1.29, 1.82) is 0 Å². The van der Waals surface area contributed by atoms with E-state index in [0.29, 0.717) is 12.2 Å². The van der Waals surface area contributed by atoms with Gasteiger partial charge in [-0.15, -0.1) is 0 Å². The maximum Gasteiger partial charge on any atom is 0.251 e. The molecule has 20 nitrogen and oxygen atoms in total. The van der Waals surface area contributed by atoms with Crippen LogP contribution in [0.2, 0.25) is 0 Å². The van der Waals surface area contributed by atoms with Crippen LogP contribution in [0.4, 0.5) is 0 Å². The molecule has 10 atom stereocenters. The highest BCUT2D eigenvalue weighted by molar-refractivity contribution is 6.00. The van der Waals surface area contributed by atoms with Crippen molar-refractivity contribution in [3.8, 4) is 33.8 Å². The highest BCUT2D eigenvalue weighted by Crippen LogP contribution is 2.28. The van der Waals surface area contributed by atoms with E-state index in [1.54, 1.807) is 36.4 Å². The zero-order valence-electron chi connectivity index (χ0n) is 43.9. The van der Waals surface area contributed by atoms with Crippen LogP contribution in [0.1, 0.15) is 88.1 Å². The molecule has 4 unspecified atom stereocenters. The lowest BCUT2D eigenvalue weighted by atomic mass is 9.99. The number of unbranched alkanes of at least 4 members (excludes halogenated alkanes) is 2. The molecule has 0 radical (unpaired) electrons. The van der Waals surface area contributed by atoms with Gasteiger partial charge < -0.3 is 67.9 Å². The minimum Gasteiger partial charge on any atom is -0.508 e. The second-order valence-corrected chi connectivity index (χ2v) is 20.4. The Balaban J connectivity index is 1.11. The van der Waals surface area contributed by atoms with Gasteiger partial charge in [0.05, 0.1) is 18.8 Å². The molecule has 4 aromatic carbocycles. The number of hydrogen-bond donors (Lipinski definition) is 10. The van der Waals surface area contributed by atoms with E-state index in [2.05, 4.69) is 33.5 Å². The molecule has 3 aliphatic heterocycles. The number of rotatable bonds is 14. The Kier molecular flexibility index (Phi) is 19.8. The number of ether oxygens (including phenoxy) is 1. The second kappa shape index (κ2) is 26.6. The van der Waals surface area contributed by atoms with Crippen molar-refractivity contribution in [2.45, 2.75) is 139 Å². The van der Waals surface area contributed by atoms with E-state index in [9.17, 15) is 48.9 Å². The fourth-order valence-electron chi connectivity index (χ4n) is 9.97. The number of nitrogens with one attached hydrogen (secondary N) is 5. The molecule has 3 saturated heterocycles. The Hall–Kier alpha value is -7.39. The lowest BCUT2D eigenvalue weighted by molar-refractivity contribution is -0.145. The molecule has 412 valence electrons. The fourth-order valence-corrected chi connectivity index (χ4v) is 9.97. The van der Waals surface area contributed by atoms with Gasteiger partial charge in [0.1, 0.15) is 47.8 Å². The van der Waals surface area contributed by atoms with E-state index >= 15 is 0 Å². The summed E-state index contributed by atoms with van der Waals surface area (Å²) >= 11 is 0. The van der Waals surface area contributed by atoms with Gasteiger partial charge in [0.15, 0.2) is 0 Å². The van der Waals surface area contributed by atoms with Crippen LogP contribution in [-0.4, -0.2) is 153 Å². The zero-order valence-corrected chi connectivity index (χ0v) is 43.9. The quantitative estimate of drug-likeness (QED) is 0.0810. The van der Waals surface area contributed by atoms with Gasteiger partial charge in [0.25, 0.3) is 5.91 Å². The van der Waals surface area contributed by atoms with Crippen LogP contribution in [0.15, 0.2) is 97.1 Å². The topological polar surface area (TPSA) is 308 Å². The lowest BCUT2D eigenvalue weighted by Crippen LogP contribution is -2.61. The van der Waals surface area contributed by atoms with Crippen LogP contribution in [0, 0.1) is 0 Å². The highest BCUT2D eigenvalue weighted by atomic mass is 16.5. The summed E-state index contributed by atoms with van der Waals surface area (Å²) < 4.78 is 5.86. The average Bonchev–Trinajstić information content (AvgIpc) is 4.06. The van der Waals surface area contributed by atoms with Crippen molar-refractivity contribution < 1.29 is 53.6 Å². The number of amides is 7. The number of hydrogen-bond acceptors (Lipinski definition) is 13. The van der Waals surface area contributed by atoms with E-state index in [0.717, 1.165) is 52.2 Å². The largest absolute Gasteiger partial charge is 0.508 e. The molecule has 12 N–H and O–H groups in total. The summed E-state index contributed by atoms with van der Waals surface area (Å²) in [5, 5.41) is 45.3. The molecule has 77 heavy (non-hydrogen) atoms. The van der Waals surface area contributed by atoms with E-state index < -0.39 is 102 Å². The zero-order chi connectivity index (χ0) is 55.3. The SMILES string of the molecule is CCCCCOc1ccc(-c2ccc(-c3ccc(C(=O)N[C@H]4CCCNC(=O)[C@@H]5CC(N)CN5C(=O)[C@H](C(C)O)NC(=O)[C@H](CCc5ccc(O)cc5)NC(=O)[C@@H]5CC(N)CN5C(=O)[C@H](C(C)O)NC4=O)cc3)cc2)cc1. The number of fused-ring (bicyclic) bond motifs is 2. The highest BCUT2D eigenvalue weighted by Gasteiger charge is 2.45. The van der Waals surface area contributed by atoms with Gasteiger partial charge in [-0.2, -0.15) is 0 Å². The molecule has 3 heterocycles. The number of aryl methyl sites for hydroxylation is 1. The van der Waals surface area contributed by atoms with Gasteiger partial charge in [-0.05, 0) is 123 Å². The van der Waals surface area contributed by atoms with Gasteiger partial charge in [0, 0.05) is 37.3 Å². The third-order valence-electron chi connectivity index (χ3n) is 14.4. The summed E-state index contributed by atoms with van der Waals surface area (Å²) in [6.07, 6.45) is 0.492. The number of benzene rings is 4. The summed E-state index contributed by atoms with van der Waals surface area (Å²) in [6.45, 7) is 5.17. The Morgan fingerprint density at radius 3 is 1.71 bits per heavy atom. The molecule has 7 amide bonds. The fraction of sp³-hybridized carbons (Fsp3) is 0.456. The summed E-state index contributed by atoms with van der Waals surface area (Å²) in [7, 11) is 0. The minimum absolute atomic E-state index is 0.0150. The van der Waals surface area contributed by atoms with Crippen LogP contribution < -0.4 is 42.8 Å². The molecule has 7 rings (SSSR count). The Morgan fingerprint density at radius 1 is 0.675 bits per heavy atom. The molecular weight excluding hydrogens is 987 g/mol. The van der Waals surface area contributed by atoms with Gasteiger partial charge in [-0.1, -0.05) is 80.4 Å². The molecule has 0 spiro atoms. The van der Waals surface area contributed by atoms with Crippen LogP contribution in [0.25, 0.3) is 22.3 Å². The molecule has 3 aliphatic rings. The monoisotopic (exact) mass is 1060 g/mol. The third-order valence-corrected chi connectivity index (χ3v) is 14.4. The molecule has 20 heteroatoms. The van der Waals surface area contributed by atoms with Gasteiger partial charge in [-0.25, -0.2) is 0 Å². The van der Waals surface area contributed by atoms with Crippen LogP contribution in [0.3, 0.4) is 0 Å². The molecule has 0 bridgehead atoms. The van der Waals surface area contributed by atoms with E-state index in [1.165, 1.54) is 30.9 Å². The number of nitrogens with two attached hydrogens (primary N) is 2. The van der Waals surface area contributed by atoms with Crippen molar-refractivity contribution in [2.24, 2.45) is 11.5 Å². The van der Waals surface area contributed by atoms with Gasteiger partial charge >= 0.3 is 0 Å². The molecule has 0 saturated carbocycles. The number of aliphatic hydroxyl groups excluding tert-OH is 2. The summed E-state index contributed by atoms with van der Waals surface area (Å²) in [4.78, 5) is 102. The van der Waals surface area contributed by atoms with Crippen molar-refractivity contribution >= 4 is 41.4 Å². The minimum atomic E-state index is -1.63. The molecular formula is C57H73N9O11. The number of nitrogens with zero attached hydrogens (tertiary/aromatic N) is 2. The van der Waals surface area contributed by atoms with Crippen LogP contribution in [0.5, 0.6) is 11.5 Å². The first-order chi connectivity index (χ1) is 36.9. The number of aliphatic hydroxyl groups is 2. The first-order valence-electron chi connectivity index (χ1n) is 26.6. The normalized spacial score (nSPS) is 24.8. The lowest BCUT2D eigenvalue weighted by Gasteiger charge is -2.32. The smallest absolute Gasteiger partial charge is 0.251 e. The summed E-state index contributed by atoms with van der Waals surface area (Å²) in [6, 6.07) is 19.4. The van der Waals surface area contributed by atoms with Crippen molar-refractivity contribution in [3.05, 3.63) is 108 Å². The van der Waals surface area contributed by atoms with Crippen molar-refractivity contribution in [1.82, 2.24) is 36.4 Å². The number of carbonyl (C=O) groups excluding carboxylic acids is 7. The molecule has 3 fully saturated rings. The predicted molar refractivity (Wildman–Crippen MR) is 288 cm³/mol. The molecule has 0 aliphatic carbocycles. The number of carbonyl (C=O) groups is 7. The van der Waals surface area contributed by atoms with E-state index in [1.807, 2.05) is 48.5 Å². The molecule has 0 aromatic heterocycles. The van der Waals surface area contributed by atoms with Crippen LogP contribution in [-0.2, 0) is 35.2 Å². The number of aromatic hydroxyl groups is 1. The Bertz CT molecular complexity index is 2690. The first-order valence-corrected chi connectivity index (χ1v) is 26.6. The number of phenolic OH excluding ortho intramolecular Hbond substituents is 1.